The van der Waals surface area contributed by atoms with Gasteiger partial charge in [-0.15, -0.1) is 0 Å². The Balaban J connectivity index is 2.75. The number of nitrogens with two attached hydrogens (primary N) is 1. The molecule has 2 N–H and O–H groups in total. The average molecular weight is 230 g/mol. The predicted molar refractivity (Wildman–Crippen MR) is 51.8 cm³/mol. The van der Waals surface area contributed by atoms with Crippen LogP contribution in [0.5, 0.6) is 0 Å². The van der Waals surface area contributed by atoms with E-state index in [4.69, 9.17) is 5.73 Å². The molecule has 66 valence electrons. The van der Waals surface area contributed by atoms with Gasteiger partial charge < -0.3 is 5.73 Å². The second kappa shape index (κ2) is 4.52. The van der Waals surface area contributed by atoms with Crippen molar-refractivity contribution in [3.05, 3.63) is 22.2 Å². The number of aromatic nitrogens is 2. The Morgan fingerprint density at radius 2 is 2.33 bits per heavy atom. The van der Waals surface area contributed by atoms with E-state index in [0.29, 0.717) is 6.54 Å². The van der Waals surface area contributed by atoms with Crippen LogP contribution in [0, 0.1) is 6.92 Å². The van der Waals surface area contributed by atoms with Crippen molar-refractivity contribution >= 4 is 15.9 Å². The first-order valence-corrected chi connectivity index (χ1v) is 4.71. The Morgan fingerprint density at radius 1 is 1.58 bits per heavy atom. The lowest BCUT2D eigenvalue weighted by Crippen LogP contribution is -2.03. The van der Waals surface area contributed by atoms with Gasteiger partial charge in [-0.2, -0.15) is 0 Å². The average Bonchev–Trinajstić information content (AvgIpc) is 2.07. The van der Waals surface area contributed by atoms with Gasteiger partial charge in [-0.05, 0) is 42.2 Å². The first kappa shape index (κ1) is 9.61. The van der Waals surface area contributed by atoms with Gasteiger partial charge in [-0.1, -0.05) is 0 Å². The molecule has 0 bridgehead atoms. The zero-order chi connectivity index (χ0) is 8.97. The van der Waals surface area contributed by atoms with Gasteiger partial charge in [0, 0.05) is 6.20 Å². The van der Waals surface area contributed by atoms with Crippen LogP contribution >= 0.6 is 15.9 Å². The normalized spacial score (nSPS) is 10.2. The molecule has 1 heterocycles. The topological polar surface area (TPSA) is 51.8 Å². The smallest absolute Gasteiger partial charge is 0.125 e. The van der Waals surface area contributed by atoms with Gasteiger partial charge in [0.25, 0.3) is 0 Å². The highest BCUT2D eigenvalue weighted by Crippen LogP contribution is 2.14. The van der Waals surface area contributed by atoms with Crippen molar-refractivity contribution in [1.29, 1.82) is 0 Å². The fourth-order valence-corrected chi connectivity index (χ4v) is 1.34. The molecule has 0 spiro atoms. The van der Waals surface area contributed by atoms with Gasteiger partial charge in [-0.25, -0.2) is 9.97 Å². The number of hydrogen-bond acceptors (Lipinski definition) is 3. The molecule has 0 aromatic carbocycles. The molecule has 0 aliphatic carbocycles. The van der Waals surface area contributed by atoms with Gasteiger partial charge in [0.05, 0.1) is 10.2 Å². The van der Waals surface area contributed by atoms with Crippen LogP contribution in [0.15, 0.2) is 10.7 Å². The third-order valence-corrected chi connectivity index (χ3v) is 2.22. The molecule has 0 fully saturated rings. The van der Waals surface area contributed by atoms with Crippen LogP contribution in [0.2, 0.25) is 0 Å². The summed E-state index contributed by atoms with van der Waals surface area (Å²) < 4.78 is 0.974. The molecule has 1 rings (SSSR count). The van der Waals surface area contributed by atoms with E-state index >= 15 is 0 Å². The van der Waals surface area contributed by atoms with Crippen molar-refractivity contribution in [2.24, 2.45) is 5.73 Å². The molecule has 0 saturated carbocycles. The molecule has 1 aromatic rings. The predicted octanol–water partition coefficient (Wildman–Crippen LogP) is 1.44. The molecule has 4 heteroatoms. The summed E-state index contributed by atoms with van der Waals surface area (Å²) >= 11 is 3.39. The standard InChI is InChI=1S/C8H12BrN3/c1-6-11-5-7(9)8(12-6)3-2-4-10/h5H,2-4,10H2,1H3. The summed E-state index contributed by atoms with van der Waals surface area (Å²) in [5, 5.41) is 0. The second-order valence-corrected chi connectivity index (χ2v) is 3.46. The Hall–Kier alpha value is -0.480. The van der Waals surface area contributed by atoms with E-state index in [1.807, 2.05) is 6.92 Å². The van der Waals surface area contributed by atoms with Crippen LogP contribution in [-0.4, -0.2) is 16.5 Å². The van der Waals surface area contributed by atoms with Crippen LogP contribution < -0.4 is 5.73 Å². The summed E-state index contributed by atoms with van der Waals surface area (Å²) in [5.41, 5.74) is 6.45. The molecule has 0 radical (unpaired) electrons. The fraction of sp³-hybridized carbons (Fsp3) is 0.500. The van der Waals surface area contributed by atoms with Crippen molar-refractivity contribution in [3.63, 3.8) is 0 Å². The SMILES string of the molecule is Cc1ncc(Br)c(CCCN)n1. The molecule has 3 nitrogen and oxygen atoms in total. The number of nitrogens with zero attached hydrogens (tertiary/aromatic N) is 2. The van der Waals surface area contributed by atoms with Gasteiger partial charge in [-0.3, -0.25) is 0 Å². The van der Waals surface area contributed by atoms with E-state index in [2.05, 4.69) is 25.9 Å². The highest BCUT2D eigenvalue weighted by atomic mass is 79.9. The molecule has 0 atom stereocenters. The number of hydrogen-bond donors (Lipinski definition) is 1. The molecule has 12 heavy (non-hydrogen) atoms. The second-order valence-electron chi connectivity index (χ2n) is 2.60. The summed E-state index contributed by atoms with van der Waals surface area (Å²) in [5.74, 6) is 0.810. The van der Waals surface area contributed by atoms with Crippen molar-refractivity contribution in [2.75, 3.05) is 6.54 Å². The maximum absolute atomic E-state index is 5.41. The minimum absolute atomic E-state index is 0.704. The van der Waals surface area contributed by atoms with Crippen LogP contribution in [-0.2, 0) is 6.42 Å². The molecule has 0 saturated heterocycles. The van der Waals surface area contributed by atoms with E-state index in [-0.39, 0.29) is 0 Å². The Labute approximate surface area is 80.5 Å². The van der Waals surface area contributed by atoms with Crippen LogP contribution in [0.25, 0.3) is 0 Å². The highest BCUT2D eigenvalue weighted by molar-refractivity contribution is 9.10. The minimum Gasteiger partial charge on any atom is -0.330 e. The Kier molecular flexibility index (Phi) is 3.62. The number of halogens is 1. The van der Waals surface area contributed by atoms with Crippen molar-refractivity contribution < 1.29 is 0 Å². The van der Waals surface area contributed by atoms with Crippen LogP contribution in [0.4, 0.5) is 0 Å². The molecular weight excluding hydrogens is 218 g/mol. The Morgan fingerprint density at radius 3 is 3.00 bits per heavy atom. The van der Waals surface area contributed by atoms with Gasteiger partial charge in [0.1, 0.15) is 5.82 Å². The van der Waals surface area contributed by atoms with Gasteiger partial charge >= 0.3 is 0 Å². The molecule has 0 amide bonds. The van der Waals surface area contributed by atoms with Gasteiger partial charge in [0.2, 0.25) is 0 Å². The largest absolute Gasteiger partial charge is 0.330 e. The van der Waals surface area contributed by atoms with E-state index < -0.39 is 0 Å². The summed E-state index contributed by atoms with van der Waals surface area (Å²) in [4.78, 5) is 8.35. The molecule has 0 unspecified atom stereocenters. The molecule has 1 aromatic heterocycles. The van der Waals surface area contributed by atoms with Gasteiger partial charge in [0.15, 0.2) is 0 Å². The number of aryl methyl sites for hydroxylation is 2. The van der Waals surface area contributed by atoms with Crippen molar-refractivity contribution in [2.45, 2.75) is 19.8 Å². The van der Waals surface area contributed by atoms with E-state index in [1.54, 1.807) is 6.20 Å². The first-order chi connectivity index (χ1) is 5.74. The highest BCUT2D eigenvalue weighted by Gasteiger charge is 2.01. The fourth-order valence-electron chi connectivity index (χ4n) is 0.947. The van der Waals surface area contributed by atoms with E-state index in [9.17, 15) is 0 Å². The van der Waals surface area contributed by atoms with Crippen LogP contribution in [0.1, 0.15) is 17.9 Å². The van der Waals surface area contributed by atoms with E-state index in [1.165, 1.54) is 0 Å². The Bertz CT molecular complexity index is 262. The zero-order valence-electron chi connectivity index (χ0n) is 7.05. The van der Waals surface area contributed by atoms with Crippen molar-refractivity contribution in [1.82, 2.24) is 9.97 Å². The third-order valence-electron chi connectivity index (χ3n) is 1.55. The summed E-state index contributed by atoms with van der Waals surface area (Å²) in [6.45, 7) is 2.59. The maximum atomic E-state index is 5.41. The summed E-state index contributed by atoms with van der Waals surface area (Å²) in [7, 11) is 0. The summed E-state index contributed by atoms with van der Waals surface area (Å²) in [6, 6.07) is 0. The lowest BCUT2D eigenvalue weighted by molar-refractivity contribution is 0.793. The zero-order valence-corrected chi connectivity index (χ0v) is 8.63. The van der Waals surface area contributed by atoms with Crippen molar-refractivity contribution in [3.8, 4) is 0 Å². The lowest BCUT2D eigenvalue weighted by Gasteiger charge is -2.02. The molecule has 0 aliphatic heterocycles. The first-order valence-electron chi connectivity index (χ1n) is 3.92. The minimum atomic E-state index is 0.704. The quantitative estimate of drug-likeness (QED) is 0.854. The molecule has 0 aliphatic rings. The van der Waals surface area contributed by atoms with Crippen LogP contribution in [0.3, 0.4) is 0 Å². The molecular formula is C8H12BrN3. The third kappa shape index (κ3) is 2.53. The monoisotopic (exact) mass is 229 g/mol. The van der Waals surface area contributed by atoms with E-state index in [0.717, 1.165) is 28.8 Å². The number of rotatable bonds is 3. The maximum Gasteiger partial charge on any atom is 0.125 e. The summed E-state index contributed by atoms with van der Waals surface area (Å²) in [6.07, 6.45) is 3.67. The lowest BCUT2D eigenvalue weighted by atomic mass is 10.2.